The molecule has 0 saturated heterocycles. The molecule has 6 heteroatoms. The Bertz CT molecular complexity index is 279. The zero-order chi connectivity index (χ0) is 12.6. The van der Waals surface area contributed by atoms with Gasteiger partial charge < -0.3 is 4.55 Å². The highest BCUT2D eigenvalue weighted by Crippen LogP contribution is 2.59. The molecule has 1 saturated carbocycles. The van der Waals surface area contributed by atoms with E-state index in [2.05, 4.69) is 4.40 Å². The third-order valence-corrected chi connectivity index (χ3v) is 4.02. The van der Waals surface area contributed by atoms with Crippen LogP contribution in [-0.4, -0.2) is 21.7 Å². The first-order valence-corrected chi connectivity index (χ1v) is 6.20. The van der Waals surface area contributed by atoms with Crippen LogP contribution in [0, 0.1) is 5.41 Å². The molecule has 1 unspecified atom stereocenters. The molecular formula is C10H16F3NOS. The van der Waals surface area contributed by atoms with Gasteiger partial charge in [0.15, 0.2) is 0 Å². The van der Waals surface area contributed by atoms with Gasteiger partial charge in [-0.15, -0.1) is 0 Å². The Morgan fingerprint density at radius 3 is 2.12 bits per heavy atom. The number of rotatable bonds is 3. The lowest BCUT2D eigenvalue weighted by Gasteiger charge is -2.19. The fourth-order valence-electron chi connectivity index (χ4n) is 1.19. The Morgan fingerprint density at radius 2 is 1.81 bits per heavy atom. The fraction of sp³-hybridized carbons (Fsp3) is 0.900. The monoisotopic (exact) mass is 255 g/mol. The number of alkyl halides is 3. The van der Waals surface area contributed by atoms with Crippen molar-refractivity contribution in [1.29, 1.82) is 0 Å². The Morgan fingerprint density at radius 1 is 1.31 bits per heavy atom. The summed E-state index contributed by atoms with van der Waals surface area (Å²) in [4.78, 5) is 0. The molecule has 0 aromatic rings. The predicted molar refractivity (Wildman–Crippen MR) is 58.7 cm³/mol. The fourth-order valence-corrected chi connectivity index (χ4v) is 1.72. The largest absolute Gasteiger partial charge is 0.591 e. The van der Waals surface area contributed by atoms with E-state index < -0.39 is 27.7 Å². The summed E-state index contributed by atoms with van der Waals surface area (Å²) in [5, 5.41) is 0. The predicted octanol–water partition coefficient (Wildman–Crippen LogP) is 3.25. The Hall–Kier alpha value is -0.230. The van der Waals surface area contributed by atoms with Gasteiger partial charge in [-0.3, -0.25) is 0 Å². The number of halogens is 3. The van der Waals surface area contributed by atoms with Gasteiger partial charge in [-0.25, -0.2) is 0 Å². The molecule has 2 nitrogen and oxygen atoms in total. The highest BCUT2D eigenvalue weighted by Gasteiger charge is 2.62. The molecule has 0 radical (unpaired) electrons. The quantitative estimate of drug-likeness (QED) is 0.563. The van der Waals surface area contributed by atoms with Gasteiger partial charge in [-0.1, -0.05) is 4.40 Å². The third kappa shape index (κ3) is 3.13. The van der Waals surface area contributed by atoms with Crippen LogP contribution in [-0.2, 0) is 11.4 Å². The zero-order valence-electron chi connectivity index (χ0n) is 9.60. The molecule has 1 atom stereocenters. The molecule has 0 spiro atoms. The molecule has 0 bridgehead atoms. The van der Waals surface area contributed by atoms with E-state index in [1.165, 1.54) is 6.21 Å². The van der Waals surface area contributed by atoms with Crippen LogP contribution in [0.5, 0.6) is 0 Å². The molecule has 0 amide bonds. The standard InChI is InChI=1S/C10H16F3NOS/c1-8(2,3)16(15)14-7-6-9(4-5-9)10(11,12)13/h7H,4-6H2,1-3H3. The maximum absolute atomic E-state index is 12.5. The summed E-state index contributed by atoms with van der Waals surface area (Å²) in [5.74, 6) is 0. The number of hydrogen-bond donors (Lipinski definition) is 0. The molecule has 0 aromatic carbocycles. The summed E-state index contributed by atoms with van der Waals surface area (Å²) in [5.41, 5.74) is -1.58. The van der Waals surface area contributed by atoms with E-state index in [0.717, 1.165) is 0 Å². The van der Waals surface area contributed by atoms with Crippen molar-refractivity contribution in [1.82, 2.24) is 0 Å². The van der Waals surface area contributed by atoms with Gasteiger partial charge in [0.05, 0.1) is 11.6 Å². The van der Waals surface area contributed by atoms with E-state index in [1.54, 1.807) is 20.8 Å². The Kier molecular flexibility index (Phi) is 3.65. The van der Waals surface area contributed by atoms with Crippen LogP contribution in [0.15, 0.2) is 4.40 Å². The van der Waals surface area contributed by atoms with Gasteiger partial charge in [0, 0.05) is 6.42 Å². The van der Waals surface area contributed by atoms with Crippen LogP contribution >= 0.6 is 0 Å². The molecule has 16 heavy (non-hydrogen) atoms. The molecular weight excluding hydrogens is 239 g/mol. The second-order valence-corrected chi connectivity index (χ2v) is 7.07. The third-order valence-electron chi connectivity index (χ3n) is 2.63. The zero-order valence-corrected chi connectivity index (χ0v) is 10.4. The van der Waals surface area contributed by atoms with E-state index in [9.17, 15) is 17.7 Å². The normalized spacial score (nSPS) is 22.4. The van der Waals surface area contributed by atoms with Crippen molar-refractivity contribution >= 4 is 17.6 Å². The van der Waals surface area contributed by atoms with E-state index >= 15 is 0 Å². The summed E-state index contributed by atoms with van der Waals surface area (Å²) in [7, 11) is 0. The number of nitrogens with zero attached hydrogens (tertiary/aromatic N) is 1. The summed E-state index contributed by atoms with van der Waals surface area (Å²) >= 11 is -1.47. The van der Waals surface area contributed by atoms with Crippen molar-refractivity contribution < 1.29 is 17.7 Å². The van der Waals surface area contributed by atoms with E-state index in [4.69, 9.17) is 0 Å². The van der Waals surface area contributed by atoms with Gasteiger partial charge in [0.1, 0.15) is 16.1 Å². The lowest BCUT2D eigenvalue weighted by Crippen LogP contribution is -2.27. The first-order chi connectivity index (χ1) is 7.08. The summed E-state index contributed by atoms with van der Waals surface area (Å²) < 4.78 is 52.2. The molecule has 0 heterocycles. The van der Waals surface area contributed by atoms with Gasteiger partial charge in [-0.2, -0.15) is 13.2 Å². The average Bonchev–Trinajstić information content (AvgIpc) is 2.82. The van der Waals surface area contributed by atoms with E-state index in [0.29, 0.717) is 0 Å². The SMILES string of the molecule is CC(C)(C)[S+]([O-])N=CCC1(C(F)(F)F)CC1. The van der Waals surface area contributed by atoms with Crippen molar-refractivity contribution in [2.24, 2.45) is 9.81 Å². The van der Waals surface area contributed by atoms with Crippen LogP contribution in [0.3, 0.4) is 0 Å². The average molecular weight is 255 g/mol. The lowest BCUT2D eigenvalue weighted by atomic mass is 10.0. The molecule has 1 rings (SSSR count). The molecule has 94 valence electrons. The number of hydrogen-bond acceptors (Lipinski definition) is 2. The molecule has 0 aliphatic heterocycles. The first-order valence-electron chi connectivity index (χ1n) is 5.10. The van der Waals surface area contributed by atoms with Crippen molar-refractivity contribution in [2.75, 3.05) is 0 Å². The molecule has 1 aliphatic rings. The summed E-state index contributed by atoms with van der Waals surface area (Å²) in [6.07, 6.45) is -2.84. The summed E-state index contributed by atoms with van der Waals surface area (Å²) in [6.45, 7) is 5.20. The Balaban J connectivity index is 2.50. The molecule has 1 aliphatic carbocycles. The lowest BCUT2D eigenvalue weighted by molar-refractivity contribution is -0.184. The first kappa shape index (κ1) is 13.8. The van der Waals surface area contributed by atoms with Gasteiger partial charge in [0.25, 0.3) is 0 Å². The minimum atomic E-state index is -4.16. The van der Waals surface area contributed by atoms with Crippen LogP contribution in [0.1, 0.15) is 40.0 Å². The second kappa shape index (κ2) is 4.22. The summed E-state index contributed by atoms with van der Waals surface area (Å²) in [6, 6.07) is 0. The second-order valence-electron chi connectivity index (χ2n) is 5.13. The van der Waals surface area contributed by atoms with Crippen molar-refractivity contribution in [3.05, 3.63) is 0 Å². The van der Waals surface area contributed by atoms with Crippen LogP contribution < -0.4 is 0 Å². The van der Waals surface area contributed by atoms with Crippen LogP contribution in [0.25, 0.3) is 0 Å². The maximum Gasteiger partial charge on any atom is 0.394 e. The van der Waals surface area contributed by atoms with Gasteiger partial charge >= 0.3 is 6.18 Å². The van der Waals surface area contributed by atoms with Crippen LogP contribution in [0.2, 0.25) is 0 Å². The topological polar surface area (TPSA) is 35.4 Å². The van der Waals surface area contributed by atoms with E-state index in [-0.39, 0.29) is 19.3 Å². The highest BCUT2D eigenvalue weighted by atomic mass is 32.2. The molecule has 0 N–H and O–H groups in total. The van der Waals surface area contributed by atoms with Gasteiger partial charge in [0.2, 0.25) is 0 Å². The minimum absolute atomic E-state index is 0.154. The van der Waals surface area contributed by atoms with E-state index in [1.807, 2.05) is 0 Å². The maximum atomic E-state index is 12.5. The smallest absolute Gasteiger partial charge is 0.394 e. The minimum Gasteiger partial charge on any atom is -0.591 e. The highest BCUT2D eigenvalue weighted by molar-refractivity contribution is 7.91. The molecule has 0 aromatic heterocycles. The molecule has 1 fully saturated rings. The van der Waals surface area contributed by atoms with Crippen LogP contribution in [0.4, 0.5) is 13.2 Å². The van der Waals surface area contributed by atoms with Crippen molar-refractivity contribution in [3.8, 4) is 0 Å². The van der Waals surface area contributed by atoms with Gasteiger partial charge in [-0.05, 0) is 33.6 Å². The van der Waals surface area contributed by atoms with Crippen molar-refractivity contribution in [2.45, 2.75) is 51.0 Å². The van der Waals surface area contributed by atoms with Crippen molar-refractivity contribution in [3.63, 3.8) is 0 Å². The Labute approximate surface area is 96.6 Å².